The second-order valence-electron chi connectivity index (χ2n) is 7.35. The number of nitrogens with zero attached hydrogens (tertiary/aromatic N) is 11. The highest BCUT2D eigenvalue weighted by Crippen LogP contribution is 1.97. The maximum Gasteiger partial charge on any atom is 0.153 e. The molecule has 198 valence electrons. The van der Waals surface area contributed by atoms with E-state index in [2.05, 4.69) is 49.9 Å². The van der Waals surface area contributed by atoms with Crippen molar-refractivity contribution in [2.75, 3.05) is 0 Å². The summed E-state index contributed by atoms with van der Waals surface area (Å²) in [6, 6.07) is 0. The summed E-state index contributed by atoms with van der Waals surface area (Å²) in [5, 5.41) is 11.9. The number of hydrogen-bond donors (Lipinski definition) is 2. The minimum absolute atomic E-state index is 0.0142. The van der Waals surface area contributed by atoms with Crippen LogP contribution in [0.15, 0.2) is 54.7 Å². The molecule has 0 amide bonds. The number of carbonyl (C=O) groups is 1. The molecular formula is C24H30N12O2. The third kappa shape index (κ3) is 13.9. The summed E-state index contributed by atoms with van der Waals surface area (Å²) >= 11 is 0. The Labute approximate surface area is 220 Å². The van der Waals surface area contributed by atoms with E-state index in [1.54, 1.807) is 58.0 Å². The molecule has 14 heteroatoms. The van der Waals surface area contributed by atoms with E-state index in [1.807, 2.05) is 6.92 Å². The molecule has 3 N–H and O–H groups in total. The molecule has 0 spiro atoms. The average molecular weight is 519 g/mol. The van der Waals surface area contributed by atoms with Crippen molar-refractivity contribution >= 4 is 6.29 Å². The van der Waals surface area contributed by atoms with Gasteiger partial charge in [0.05, 0.1) is 18.7 Å². The number of aliphatic hydroxyl groups is 1. The number of aromatic nitrogens is 8. The van der Waals surface area contributed by atoms with E-state index in [-0.39, 0.29) is 6.61 Å². The lowest BCUT2D eigenvalue weighted by atomic mass is 10.3. The molecule has 0 saturated carbocycles. The zero-order valence-corrected chi connectivity index (χ0v) is 21.7. The molecule has 14 nitrogen and oxygen atoms in total. The Morgan fingerprint density at radius 2 is 1.11 bits per heavy atom. The zero-order valence-electron chi connectivity index (χ0n) is 21.7. The van der Waals surface area contributed by atoms with Crippen molar-refractivity contribution in [1.29, 1.82) is 0 Å². The number of aldehydes is 1. The number of nitrogens with two attached hydrogens (primary N) is 1. The van der Waals surface area contributed by atoms with Crippen molar-refractivity contribution < 1.29 is 9.90 Å². The summed E-state index contributed by atoms with van der Waals surface area (Å²) in [5.41, 5.74) is 16.4. The first-order valence-electron chi connectivity index (χ1n) is 11.2. The quantitative estimate of drug-likeness (QED) is 0.169. The zero-order chi connectivity index (χ0) is 28.2. The van der Waals surface area contributed by atoms with E-state index < -0.39 is 0 Å². The first kappa shape index (κ1) is 31.3. The van der Waals surface area contributed by atoms with Crippen molar-refractivity contribution in [2.24, 2.45) is 10.8 Å². The molecule has 0 aliphatic rings. The third-order valence-electron chi connectivity index (χ3n) is 4.18. The second-order valence-corrected chi connectivity index (χ2v) is 7.35. The molecule has 0 aliphatic carbocycles. The van der Waals surface area contributed by atoms with Gasteiger partial charge in [-0.1, -0.05) is 5.11 Å². The summed E-state index contributed by atoms with van der Waals surface area (Å²) in [6.45, 7) is 8.07. The van der Waals surface area contributed by atoms with E-state index in [0.29, 0.717) is 24.5 Å². The van der Waals surface area contributed by atoms with Crippen LogP contribution in [0.25, 0.3) is 10.4 Å². The number of azide groups is 1. The van der Waals surface area contributed by atoms with Crippen molar-refractivity contribution in [3.05, 3.63) is 106 Å². The molecule has 0 unspecified atom stereocenters. The fourth-order valence-electron chi connectivity index (χ4n) is 2.10. The van der Waals surface area contributed by atoms with Crippen LogP contribution in [0.5, 0.6) is 0 Å². The van der Waals surface area contributed by atoms with E-state index >= 15 is 0 Å². The Hall–Kier alpha value is -4.78. The van der Waals surface area contributed by atoms with Crippen LogP contribution in [-0.2, 0) is 19.7 Å². The molecule has 4 heterocycles. The van der Waals surface area contributed by atoms with Gasteiger partial charge in [-0.15, -0.1) is 0 Å². The largest absolute Gasteiger partial charge is 0.392 e. The van der Waals surface area contributed by atoms with Gasteiger partial charge in [-0.2, -0.15) is 0 Å². The highest BCUT2D eigenvalue weighted by atomic mass is 16.3. The summed E-state index contributed by atoms with van der Waals surface area (Å²) in [6.07, 6.45) is 13.7. The van der Waals surface area contributed by atoms with Crippen LogP contribution in [0.2, 0.25) is 0 Å². The van der Waals surface area contributed by atoms with Gasteiger partial charge in [0.15, 0.2) is 6.29 Å². The normalized spacial score (nSPS) is 9.21. The lowest BCUT2D eigenvalue weighted by molar-refractivity contribution is 0.112. The Morgan fingerprint density at radius 3 is 1.45 bits per heavy atom. The predicted molar refractivity (Wildman–Crippen MR) is 139 cm³/mol. The Kier molecular flexibility index (Phi) is 15.2. The maximum atomic E-state index is 10.0. The van der Waals surface area contributed by atoms with Crippen LogP contribution < -0.4 is 5.73 Å². The first-order valence-corrected chi connectivity index (χ1v) is 11.2. The molecule has 0 bridgehead atoms. The van der Waals surface area contributed by atoms with E-state index in [9.17, 15) is 4.79 Å². The maximum absolute atomic E-state index is 10.0. The molecule has 4 aromatic rings. The monoisotopic (exact) mass is 518 g/mol. The van der Waals surface area contributed by atoms with Gasteiger partial charge in [0, 0.05) is 72.2 Å². The number of hydrogen-bond acceptors (Lipinski definition) is 12. The van der Waals surface area contributed by atoms with E-state index in [4.69, 9.17) is 16.4 Å². The van der Waals surface area contributed by atoms with Crippen LogP contribution in [0.1, 0.15) is 50.3 Å². The fraction of sp³-hybridized carbons (Fsp3) is 0.292. The van der Waals surface area contributed by atoms with Gasteiger partial charge in [0.2, 0.25) is 0 Å². The van der Waals surface area contributed by atoms with Gasteiger partial charge in [-0.05, 0) is 38.8 Å². The van der Waals surface area contributed by atoms with Crippen LogP contribution in [0, 0.1) is 27.7 Å². The van der Waals surface area contributed by atoms with Crippen molar-refractivity contribution in [1.82, 2.24) is 39.9 Å². The molecule has 0 aliphatic heterocycles. The molecule has 38 heavy (non-hydrogen) atoms. The van der Waals surface area contributed by atoms with E-state index in [1.165, 1.54) is 12.4 Å². The lowest BCUT2D eigenvalue weighted by Gasteiger charge is -1.93. The number of carbonyl (C=O) groups excluding carboxylic acids is 1. The van der Waals surface area contributed by atoms with Crippen molar-refractivity contribution in [2.45, 2.75) is 47.4 Å². The molecule has 0 fully saturated rings. The molecular weight excluding hydrogens is 488 g/mol. The fourth-order valence-corrected chi connectivity index (χ4v) is 2.10. The minimum atomic E-state index is 0.0142. The standard InChI is InChI=1S/C6H7N5.C6H9N3.C6H8N2O.C6H6N2O/c1-5-8-2-6(3-9-5)4-10-11-7;1-5-8-3-6(2-7)4-9-5;2*1-5-7-2-6(4-9)3-8-5/h2-3H,4H2,1H3;3-4H,2,7H2,1H3;2-3,9H,4H2,1H3;2-4H,1H3. The Balaban J connectivity index is 0.000000254. The molecule has 0 radical (unpaired) electrons. The van der Waals surface area contributed by atoms with Crippen molar-refractivity contribution in [3.63, 3.8) is 0 Å². The highest BCUT2D eigenvalue weighted by Gasteiger charge is 1.91. The van der Waals surface area contributed by atoms with E-state index in [0.717, 1.165) is 40.4 Å². The SMILES string of the molecule is Cc1ncc(C=O)cn1.Cc1ncc(CN)cn1.Cc1ncc(CN=[N+]=[N-])cn1.Cc1ncc(CO)cn1. The smallest absolute Gasteiger partial charge is 0.153 e. The minimum Gasteiger partial charge on any atom is -0.392 e. The predicted octanol–water partition coefficient (Wildman–Crippen LogP) is 2.71. The van der Waals surface area contributed by atoms with Gasteiger partial charge in [0.25, 0.3) is 0 Å². The summed E-state index contributed by atoms with van der Waals surface area (Å²) < 4.78 is 0. The Morgan fingerprint density at radius 1 is 0.737 bits per heavy atom. The lowest BCUT2D eigenvalue weighted by Crippen LogP contribution is -1.98. The number of aryl methyl sites for hydroxylation is 4. The summed E-state index contributed by atoms with van der Waals surface area (Å²) in [4.78, 5) is 43.8. The second kappa shape index (κ2) is 18.5. The van der Waals surface area contributed by atoms with Crippen LogP contribution >= 0.6 is 0 Å². The Bertz CT molecular complexity index is 1200. The summed E-state index contributed by atoms with van der Waals surface area (Å²) in [5.74, 6) is 2.91. The topological polar surface area (TPSA) is 215 Å². The van der Waals surface area contributed by atoms with Gasteiger partial charge in [-0.3, -0.25) is 4.79 Å². The molecule has 0 aromatic carbocycles. The number of aliphatic hydroxyl groups excluding tert-OH is 1. The van der Waals surface area contributed by atoms with Crippen LogP contribution in [0.3, 0.4) is 0 Å². The van der Waals surface area contributed by atoms with Crippen LogP contribution in [0.4, 0.5) is 0 Å². The van der Waals surface area contributed by atoms with Gasteiger partial charge in [0.1, 0.15) is 23.3 Å². The molecule has 4 rings (SSSR count). The third-order valence-corrected chi connectivity index (χ3v) is 4.18. The van der Waals surface area contributed by atoms with Gasteiger partial charge < -0.3 is 10.8 Å². The highest BCUT2D eigenvalue weighted by molar-refractivity contribution is 5.73. The molecule has 0 saturated heterocycles. The van der Waals surface area contributed by atoms with Gasteiger partial charge >= 0.3 is 0 Å². The average Bonchev–Trinajstić information content (AvgIpc) is 2.95. The first-order chi connectivity index (χ1) is 18.3. The van der Waals surface area contributed by atoms with Crippen molar-refractivity contribution in [3.8, 4) is 0 Å². The van der Waals surface area contributed by atoms with Gasteiger partial charge in [-0.25, -0.2) is 39.9 Å². The van der Waals surface area contributed by atoms with Crippen LogP contribution in [-0.4, -0.2) is 51.3 Å². The summed E-state index contributed by atoms with van der Waals surface area (Å²) in [7, 11) is 0. The molecule has 4 aromatic heterocycles. The number of rotatable bonds is 5. The molecule has 0 atom stereocenters.